The third-order valence-corrected chi connectivity index (χ3v) is 6.03. The van der Waals surface area contributed by atoms with Crippen LogP contribution in [0.25, 0.3) is 0 Å². The maximum absolute atomic E-state index is 13.6. The van der Waals surface area contributed by atoms with E-state index in [1.54, 1.807) is 19.2 Å². The summed E-state index contributed by atoms with van der Waals surface area (Å²) in [6.07, 6.45) is -0.392. The molecule has 4 aromatic rings. The molecule has 1 aliphatic heterocycles. The number of hydrogen-bond donors (Lipinski definition) is 1. The number of para-hydroxylation sites is 1. The minimum Gasteiger partial charge on any atom is -0.496 e. The zero-order chi connectivity index (χ0) is 24.2. The molecule has 0 radical (unpaired) electrons. The van der Waals surface area contributed by atoms with Crippen LogP contribution >= 0.6 is 0 Å². The fourth-order valence-corrected chi connectivity index (χ4v) is 4.30. The van der Waals surface area contributed by atoms with Gasteiger partial charge in [-0.2, -0.15) is 0 Å². The van der Waals surface area contributed by atoms with Gasteiger partial charge in [-0.1, -0.05) is 54.6 Å². The molecule has 0 spiro atoms. The van der Waals surface area contributed by atoms with E-state index < -0.39 is 6.17 Å². The summed E-state index contributed by atoms with van der Waals surface area (Å²) < 4.78 is 25.0. The van der Waals surface area contributed by atoms with Crippen LogP contribution in [0.4, 0.5) is 10.1 Å². The van der Waals surface area contributed by atoms with Gasteiger partial charge in [-0.3, -0.25) is 4.79 Å². The number of amides is 1. The fourth-order valence-electron chi connectivity index (χ4n) is 4.30. The molecule has 1 aliphatic rings. The van der Waals surface area contributed by atoms with Gasteiger partial charge in [0, 0.05) is 23.9 Å². The second-order valence-electron chi connectivity index (χ2n) is 8.33. The summed E-state index contributed by atoms with van der Waals surface area (Å²) in [6.45, 7) is 0.642. The number of anilines is 1. The van der Waals surface area contributed by atoms with Crippen LogP contribution in [0.2, 0.25) is 0 Å². The van der Waals surface area contributed by atoms with E-state index in [-0.39, 0.29) is 18.3 Å². The lowest BCUT2D eigenvalue weighted by molar-refractivity contribution is 0.0666. The zero-order valence-electron chi connectivity index (χ0n) is 19.3. The smallest absolute Gasteiger partial charge is 0.258 e. The minimum atomic E-state index is -0.392. The van der Waals surface area contributed by atoms with Crippen LogP contribution in [-0.2, 0) is 13.2 Å². The van der Waals surface area contributed by atoms with Crippen LogP contribution in [0.5, 0.6) is 11.5 Å². The molecular formula is C29H25FN2O3. The highest BCUT2D eigenvalue weighted by Gasteiger charge is 2.33. The molecule has 0 bridgehead atoms. The zero-order valence-corrected chi connectivity index (χ0v) is 19.3. The lowest BCUT2D eigenvalue weighted by Gasteiger charge is -2.38. The molecule has 1 N–H and O–H groups in total. The van der Waals surface area contributed by atoms with Crippen molar-refractivity contribution in [2.75, 3.05) is 12.4 Å². The molecule has 4 aromatic carbocycles. The number of carbonyl (C=O) groups excluding carboxylic acids is 1. The summed E-state index contributed by atoms with van der Waals surface area (Å²) in [5.41, 5.74) is 4.16. The topological polar surface area (TPSA) is 50.8 Å². The number of halogens is 1. The number of fused-ring (bicyclic) bond motifs is 1. The molecule has 0 fully saturated rings. The third-order valence-electron chi connectivity index (χ3n) is 6.03. The van der Waals surface area contributed by atoms with E-state index in [4.69, 9.17) is 9.47 Å². The minimum absolute atomic E-state index is 0.0402. The average molecular weight is 469 g/mol. The van der Waals surface area contributed by atoms with Crippen molar-refractivity contribution in [1.29, 1.82) is 0 Å². The number of hydrogen-bond acceptors (Lipinski definition) is 4. The Morgan fingerprint density at radius 3 is 2.51 bits per heavy atom. The van der Waals surface area contributed by atoms with Crippen molar-refractivity contribution in [3.8, 4) is 11.5 Å². The molecule has 1 heterocycles. The van der Waals surface area contributed by atoms with Gasteiger partial charge in [-0.15, -0.1) is 0 Å². The van der Waals surface area contributed by atoms with Crippen LogP contribution in [-0.4, -0.2) is 17.9 Å². The summed E-state index contributed by atoms with van der Waals surface area (Å²) >= 11 is 0. The number of carbonyl (C=O) groups is 1. The first-order valence-electron chi connectivity index (χ1n) is 11.4. The van der Waals surface area contributed by atoms with E-state index in [9.17, 15) is 9.18 Å². The quantitative estimate of drug-likeness (QED) is 0.352. The Kier molecular flexibility index (Phi) is 6.35. The van der Waals surface area contributed by atoms with E-state index in [0.29, 0.717) is 23.6 Å². The predicted octanol–water partition coefficient (Wildman–Crippen LogP) is 6.18. The number of ether oxygens (including phenoxy) is 2. The van der Waals surface area contributed by atoms with E-state index in [0.717, 1.165) is 22.4 Å². The molecule has 1 unspecified atom stereocenters. The second-order valence-corrected chi connectivity index (χ2v) is 8.33. The van der Waals surface area contributed by atoms with Gasteiger partial charge in [-0.05, 0) is 47.5 Å². The van der Waals surface area contributed by atoms with E-state index in [1.807, 2.05) is 77.7 Å². The normalized spacial score (nSPS) is 14.7. The molecule has 6 heteroatoms. The maximum Gasteiger partial charge on any atom is 0.258 e. The van der Waals surface area contributed by atoms with Crippen molar-refractivity contribution < 1.29 is 18.7 Å². The first-order chi connectivity index (χ1) is 17.1. The Morgan fingerprint density at radius 2 is 1.71 bits per heavy atom. The van der Waals surface area contributed by atoms with Crippen molar-refractivity contribution in [3.05, 3.63) is 125 Å². The van der Waals surface area contributed by atoms with E-state index in [2.05, 4.69) is 5.32 Å². The summed E-state index contributed by atoms with van der Waals surface area (Å²) in [6, 6.07) is 29.3. The van der Waals surface area contributed by atoms with E-state index in [1.165, 1.54) is 12.1 Å². The standard InChI is InChI=1S/C29H25FN2O3/c1-34-27-15-14-21(16-22(27)19-35-24-11-7-10-23(30)17-24)28-31-26-13-6-5-12-25(26)29(33)32(28)18-20-8-3-2-4-9-20/h2-17,28,31H,18-19H2,1H3. The summed E-state index contributed by atoms with van der Waals surface area (Å²) in [4.78, 5) is 15.4. The highest BCUT2D eigenvalue weighted by molar-refractivity contribution is 6.01. The van der Waals surface area contributed by atoms with Crippen LogP contribution in [0.1, 0.15) is 33.2 Å². The molecule has 0 aromatic heterocycles. The van der Waals surface area contributed by atoms with Gasteiger partial charge < -0.3 is 19.7 Å². The first-order valence-corrected chi connectivity index (χ1v) is 11.4. The molecule has 176 valence electrons. The lowest BCUT2D eigenvalue weighted by Crippen LogP contribution is -2.42. The predicted molar refractivity (Wildman–Crippen MR) is 133 cm³/mol. The first kappa shape index (κ1) is 22.5. The van der Waals surface area contributed by atoms with Gasteiger partial charge in [0.15, 0.2) is 0 Å². The summed E-state index contributed by atoms with van der Waals surface area (Å²) in [5, 5.41) is 3.53. The Labute approximate surface area is 203 Å². The van der Waals surface area contributed by atoms with Gasteiger partial charge >= 0.3 is 0 Å². The molecule has 35 heavy (non-hydrogen) atoms. The summed E-state index contributed by atoms with van der Waals surface area (Å²) in [5.74, 6) is 0.690. The number of nitrogens with zero attached hydrogens (tertiary/aromatic N) is 1. The molecular weight excluding hydrogens is 443 g/mol. The average Bonchev–Trinajstić information content (AvgIpc) is 2.89. The molecule has 5 nitrogen and oxygen atoms in total. The molecule has 5 rings (SSSR count). The van der Waals surface area contributed by atoms with Crippen LogP contribution in [0.15, 0.2) is 97.1 Å². The number of rotatable bonds is 7. The van der Waals surface area contributed by atoms with Gasteiger partial charge in [0.2, 0.25) is 0 Å². The Bertz CT molecular complexity index is 1340. The lowest BCUT2D eigenvalue weighted by atomic mass is 10.0. The molecule has 1 amide bonds. The third kappa shape index (κ3) is 4.82. The number of methoxy groups -OCH3 is 1. The van der Waals surface area contributed by atoms with Crippen molar-refractivity contribution in [3.63, 3.8) is 0 Å². The fraction of sp³-hybridized carbons (Fsp3) is 0.138. The Morgan fingerprint density at radius 1 is 0.914 bits per heavy atom. The SMILES string of the molecule is COc1ccc(C2Nc3ccccc3C(=O)N2Cc2ccccc2)cc1COc1cccc(F)c1. The van der Waals surface area contributed by atoms with Gasteiger partial charge in [0.25, 0.3) is 5.91 Å². The molecule has 0 saturated carbocycles. The maximum atomic E-state index is 13.6. The number of benzene rings is 4. The highest BCUT2D eigenvalue weighted by Crippen LogP contribution is 2.36. The van der Waals surface area contributed by atoms with Crippen LogP contribution in [0.3, 0.4) is 0 Å². The van der Waals surface area contributed by atoms with Crippen molar-refractivity contribution in [2.45, 2.75) is 19.3 Å². The van der Waals surface area contributed by atoms with Gasteiger partial charge in [0.05, 0.1) is 12.7 Å². The monoisotopic (exact) mass is 468 g/mol. The molecule has 0 aliphatic carbocycles. The van der Waals surface area contributed by atoms with Gasteiger partial charge in [-0.25, -0.2) is 4.39 Å². The van der Waals surface area contributed by atoms with Crippen molar-refractivity contribution in [2.24, 2.45) is 0 Å². The van der Waals surface area contributed by atoms with Crippen LogP contribution < -0.4 is 14.8 Å². The highest BCUT2D eigenvalue weighted by atomic mass is 19.1. The largest absolute Gasteiger partial charge is 0.496 e. The Balaban J connectivity index is 1.49. The molecule has 1 atom stereocenters. The summed E-state index contributed by atoms with van der Waals surface area (Å²) in [7, 11) is 1.60. The van der Waals surface area contributed by atoms with Crippen molar-refractivity contribution in [1.82, 2.24) is 4.90 Å². The van der Waals surface area contributed by atoms with E-state index >= 15 is 0 Å². The second kappa shape index (κ2) is 9.89. The molecule has 0 saturated heterocycles. The van der Waals surface area contributed by atoms with Crippen molar-refractivity contribution >= 4 is 11.6 Å². The Hall–Kier alpha value is -4.32. The van der Waals surface area contributed by atoms with Gasteiger partial charge in [0.1, 0.15) is 30.1 Å². The number of nitrogens with one attached hydrogen (secondary N) is 1. The van der Waals surface area contributed by atoms with Crippen LogP contribution in [0, 0.1) is 5.82 Å².